The highest BCUT2D eigenvalue weighted by Gasteiger charge is 2.31. The van der Waals surface area contributed by atoms with Crippen molar-refractivity contribution >= 4 is 0 Å². The summed E-state index contributed by atoms with van der Waals surface area (Å²) in [5, 5.41) is 0. The summed E-state index contributed by atoms with van der Waals surface area (Å²) >= 11 is 0. The van der Waals surface area contributed by atoms with Gasteiger partial charge in [-0.2, -0.15) is 0 Å². The van der Waals surface area contributed by atoms with E-state index in [1.807, 2.05) is 0 Å². The van der Waals surface area contributed by atoms with Gasteiger partial charge in [0.15, 0.2) is 0 Å². The average molecular weight is 203 g/mol. The van der Waals surface area contributed by atoms with Gasteiger partial charge >= 0.3 is 0 Å². The topological polar surface area (TPSA) is 26.0 Å². The lowest BCUT2D eigenvalue weighted by Crippen LogP contribution is -2.24. The summed E-state index contributed by atoms with van der Waals surface area (Å²) in [6.45, 7) is 6.64. The summed E-state index contributed by atoms with van der Waals surface area (Å²) in [7, 11) is 0. The standard InChI is InChI=1S/C14H21N/c1-9-6-10(2)8-12(7-9)13-4-5-14(15)11(13)3/h6-8,11,13-14H,4-5,15H2,1-3H3. The van der Waals surface area contributed by atoms with Gasteiger partial charge in [-0.1, -0.05) is 36.2 Å². The summed E-state index contributed by atoms with van der Waals surface area (Å²) in [6.07, 6.45) is 2.43. The maximum atomic E-state index is 6.08. The van der Waals surface area contributed by atoms with Crippen molar-refractivity contribution in [2.45, 2.75) is 45.6 Å². The molecule has 1 aliphatic rings. The molecule has 0 radical (unpaired) electrons. The fourth-order valence-corrected chi connectivity index (χ4v) is 2.89. The van der Waals surface area contributed by atoms with Gasteiger partial charge in [0.05, 0.1) is 0 Å². The molecule has 2 rings (SSSR count). The van der Waals surface area contributed by atoms with E-state index < -0.39 is 0 Å². The van der Waals surface area contributed by atoms with E-state index in [0.717, 1.165) is 0 Å². The van der Waals surface area contributed by atoms with Crippen molar-refractivity contribution in [2.75, 3.05) is 0 Å². The first-order chi connectivity index (χ1) is 7.08. The molecule has 1 saturated carbocycles. The lowest BCUT2D eigenvalue weighted by molar-refractivity contribution is 0.479. The van der Waals surface area contributed by atoms with Crippen LogP contribution in [0.3, 0.4) is 0 Å². The molecule has 2 N–H and O–H groups in total. The Bertz CT molecular complexity index is 336. The zero-order valence-electron chi connectivity index (χ0n) is 9.96. The van der Waals surface area contributed by atoms with Gasteiger partial charge in [-0.15, -0.1) is 0 Å². The first-order valence-electron chi connectivity index (χ1n) is 5.91. The van der Waals surface area contributed by atoms with Gasteiger partial charge in [0.2, 0.25) is 0 Å². The fraction of sp³-hybridized carbons (Fsp3) is 0.571. The molecule has 0 spiro atoms. The third kappa shape index (κ3) is 2.07. The molecule has 1 aromatic carbocycles. The van der Waals surface area contributed by atoms with Crippen LogP contribution < -0.4 is 5.73 Å². The predicted molar refractivity (Wildman–Crippen MR) is 65.0 cm³/mol. The van der Waals surface area contributed by atoms with E-state index in [1.165, 1.54) is 29.5 Å². The molecule has 82 valence electrons. The van der Waals surface area contributed by atoms with E-state index in [2.05, 4.69) is 39.0 Å². The highest BCUT2D eigenvalue weighted by molar-refractivity contribution is 5.32. The quantitative estimate of drug-likeness (QED) is 0.745. The van der Waals surface area contributed by atoms with Crippen molar-refractivity contribution in [1.29, 1.82) is 0 Å². The Labute approximate surface area is 92.7 Å². The second-order valence-electron chi connectivity index (χ2n) is 5.13. The largest absolute Gasteiger partial charge is 0.327 e. The van der Waals surface area contributed by atoms with Gasteiger partial charge in [-0.25, -0.2) is 0 Å². The van der Waals surface area contributed by atoms with Gasteiger partial charge in [0.25, 0.3) is 0 Å². The third-order valence-electron chi connectivity index (χ3n) is 3.79. The molecule has 0 heterocycles. The van der Waals surface area contributed by atoms with Gasteiger partial charge in [-0.05, 0) is 44.1 Å². The minimum Gasteiger partial charge on any atom is -0.327 e. The van der Waals surface area contributed by atoms with E-state index in [1.54, 1.807) is 0 Å². The molecule has 3 atom stereocenters. The van der Waals surface area contributed by atoms with Crippen LogP contribution in [0.2, 0.25) is 0 Å². The normalized spacial score (nSPS) is 30.8. The molecule has 1 fully saturated rings. The number of nitrogens with two attached hydrogens (primary N) is 1. The monoisotopic (exact) mass is 203 g/mol. The van der Waals surface area contributed by atoms with Crippen LogP contribution in [0, 0.1) is 19.8 Å². The van der Waals surface area contributed by atoms with Gasteiger partial charge in [-0.3, -0.25) is 0 Å². The molecule has 0 amide bonds. The molecule has 1 aliphatic carbocycles. The number of rotatable bonds is 1. The lowest BCUT2D eigenvalue weighted by Gasteiger charge is -2.19. The molecule has 1 heteroatoms. The van der Waals surface area contributed by atoms with E-state index in [0.29, 0.717) is 17.9 Å². The van der Waals surface area contributed by atoms with Gasteiger partial charge in [0.1, 0.15) is 0 Å². The number of benzene rings is 1. The fourth-order valence-electron chi connectivity index (χ4n) is 2.89. The molecule has 1 aromatic rings. The lowest BCUT2D eigenvalue weighted by atomic mass is 9.87. The first-order valence-corrected chi connectivity index (χ1v) is 5.91. The highest BCUT2D eigenvalue weighted by Crippen LogP contribution is 2.39. The minimum atomic E-state index is 0.399. The Hall–Kier alpha value is -0.820. The van der Waals surface area contributed by atoms with Crippen LogP contribution >= 0.6 is 0 Å². The van der Waals surface area contributed by atoms with Crippen LogP contribution in [0.1, 0.15) is 42.4 Å². The first kappa shape index (κ1) is 10.7. The number of hydrogen-bond donors (Lipinski definition) is 1. The zero-order chi connectivity index (χ0) is 11.0. The molecule has 1 nitrogen and oxygen atoms in total. The Morgan fingerprint density at radius 3 is 2.13 bits per heavy atom. The van der Waals surface area contributed by atoms with E-state index in [4.69, 9.17) is 5.73 Å². The molecular formula is C14H21N. The number of hydrogen-bond acceptors (Lipinski definition) is 1. The summed E-state index contributed by atoms with van der Waals surface area (Å²) in [4.78, 5) is 0. The average Bonchev–Trinajstić information content (AvgIpc) is 2.46. The van der Waals surface area contributed by atoms with Crippen molar-refractivity contribution in [1.82, 2.24) is 0 Å². The molecule has 0 saturated heterocycles. The summed E-state index contributed by atoms with van der Waals surface area (Å²) in [6, 6.07) is 7.29. The summed E-state index contributed by atoms with van der Waals surface area (Å²) < 4.78 is 0. The molecule has 0 bridgehead atoms. The Morgan fingerprint density at radius 2 is 1.67 bits per heavy atom. The van der Waals surface area contributed by atoms with Gasteiger partial charge in [0, 0.05) is 6.04 Å². The Balaban J connectivity index is 2.30. The van der Waals surface area contributed by atoms with Crippen molar-refractivity contribution in [3.63, 3.8) is 0 Å². The van der Waals surface area contributed by atoms with Crippen LogP contribution in [-0.2, 0) is 0 Å². The maximum absolute atomic E-state index is 6.08. The van der Waals surface area contributed by atoms with Crippen molar-refractivity contribution in [3.8, 4) is 0 Å². The zero-order valence-corrected chi connectivity index (χ0v) is 9.96. The van der Waals surface area contributed by atoms with Crippen molar-refractivity contribution in [3.05, 3.63) is 34.9 Å². The SMILES string of the molecule is Cc1cc(C)cc(C2CCC(N)C2C)c1. The maximum Gasteiger partial charge on any atom is 0.00705 e. The van der Waals surface area contributed by atoms with Crippen LogP contribution in [0.15, 0.2) is 18.2 Å². The second kappa shape index (κ2) is 3.97. The highest BCUT2D eigenvalue weighted by atomic mass is 14.7. The van der Waals surface area contributed by atoms with Crippen LogP contribution in [0.25, 0.3) is 0 Å². The molecule has 15 heavy (non-hydrogen) atoms. The van der Waals surface area contributed by atoms with Gasteiger partial charge < -0.3 is 5.73 Å². The summed E-state index contributed by atoms with van der Waals surface area (Å²) in [5.74, 6) is 1.31. The van der Waals surface area contributed by atoms with Crippen molar-refractivity contribution < 1.29 is 0 Å². The van der Waals surface area contributed by atoms with Crippen molar-refractivity contribution in [2.24, 2.45) is 11.7 Å². The molecule has 0 aliphatic heterocycles. The molecule has 0 aromatic heterocycles. The Kier molecular flexibility index (Phi) is 2.83. The predicted octanol–water partition coefficient (Wildman–Crippen LogP) is 3.14. The van der Waals surface area contributed by atoms with E-state index >= 15 is 0 Å². The van der Waals surface area contributed by atoms with Crippen LogP contribution in [0.4, 0.5) is 0 Å². The van der Waals surface area contributed by atoms with Crippen LogP contribution in [0.5, 0.6) is 0 Å². The smallest absolute Gasteiger partial charge is 0.00705 e. The van der Waals surface area contributed by atoms with E-state index in [9.17, 15) is 0 Å². The number of aryl methyl sites for hydroxylation is 2. The third-order valence-corrected chi connectivity index (χ3v) is 3.79. The minimum absolute atomic E-state index is 0.399. The summed E-state index contributed by atoms with van der Waals surface area (Å²) in [5.41, 5.74) is 10.3. The Morgan fingerprint density at radius 1 is 1.07 bits per heavy atom. The molecular weight excluding hydrogens is 182 g/mol. The second-order valence-corrected chi connectivity index (χ2v) is 5.13. The molecule has 3 unspecified atom stereocenters. The van der Waals surface area contributed by atoms with Crippen LogP contribution in [-0.4, -0.2) is 6.04 Å². The van der Waals surface area contributed by atoms with E-state index in [-0.39, 0.29) is 0 Å².